The van der Waals surface area contributed by atoms with E-state index in [4.69, 9.17) is 9.47 Å². The number of aromatic nitrogens is 2. The van der Waals surface area contributed by atoms with Crippen LogP contribution < -0.4 is 9.47 Å². The predicted molar refractivity (Wildman–Crippen MR) is 77.0 cm³/mol. The number of thioether (sulfide) groups is 1. The Hall–Kier alpha value is -1.75. The van der Waals surface area contributed by atoms with Gasteiger partial charge in [0.2, 0.25) is 0 Å². The summed E-state index contributed by atoms with van der Waals surface area (Å²) in [6.07, 6.45) is 0. The molecular formula is C14H16N2O2S. The maximum atomic E-state index is 5.37. The maximum Gasteiger partial charge on any atom is 0.132 e. The molecule has 0 N–H and O–H groups in total. The summed E-state index contributed by atoms with van der Waals surface area (Å²) in [5.41, 5.74) is 1.70. The van der Waals surface area contributed by atoms with Crippen LogP contribution in [0.4, 0.5) is 0 Å². The molecule has 4 nitrogen and oxygen atoms in total. The highest BCUT2D eigenvalue weighted by Gasteiger charge is 2.09. The largest absolute Gasteiger partial charge is 0.497 e. The Kier molecular flexibility index (Phi) is 4.63. The first-order valence-corrected chi connectivity index (χ1v) is 6.96. The second-order valence-corrected chi connectivity index (χ2v) is 5.04. The maximum absolute atomic E-state index is 5.37. The molecule has 0 unspecified atom stereocenters. The van der Waals surface area contributed by atoms with Crippen LogP contribution in [0.5, 0.6) is 11.5 Å². The summed E-state index contributed by atoms with van der Waals surface area (Å²) < 4.78 is 10.5. The van der Waals surface area contributed by atoms with E-state index >= 15 is 0 Å². The normalized spacial score (nSPS) is 10.3. The second-order valence-electron chi connectivity index (χ2n) is 3.76. The minimum atomic E-state index is 0.726. The molecule has 0 spiro atoms. The lowest BCUT2D eigenvalue weighted by Crippen LogP contribution is -1.94. The van der Waals surface area contributed by atoms with Crippen LogP contribution in [0.1, 0.15) is 6.92 Å². The fourth-order valence-corrected chi connectivity index (χ4v) is 2.26. The highest BCUT2D eigenvalue weighted by atomic mass is 32.2. The lowest BCUT2D eigenvalue weighted by atomic mass is 10.1. The van der Waals surface area contributed by atoms with E-state index in [9.17, 15) is 0 Å². The van der Waals surface area contributed by atoms with Crippen molar-refractivity contribution in [3.8, 4) is 22.8 Å². The van der Waals surface area contributed by atoms with Crippen LogP contribution in [-0.2, 0) is 0 Å². The molecule has 100 valence electrons. The van der Waals surface area contributed by atoms with Gasteiger partial charge in [-0.2, -0.15) is 0 Å². The summed E-state index contributed by atoms with van der Waals surface area (Å²) >= 11 is 1.67. The first-order chi connectivity index (χ1) is 9.28. The summed E-state index contributed by atoms with van der Waals surface area (Å²) in [7, 11) is 3.26. The molecule has 5 heteroatoms. The molecule has 0 atom stereocenters. The van der Waals surface area contributed by atoms with Gasteiger partial charge < -0.3 is 9.47 Å². The Morgan fingerprint density at radius 2 is 1.89 bits per heavy atom. The van der Waals surface area contributed by atoms with Gasteiger partial charge >= 0.3 is 0 Å². The highest BCUT2D eigenvalue weighted by Crippen LogP contribution is 2.32. The average Bonchev–Trinajstić information content (AvgIpc) is 2.48. The molecule has 0 aliphatic heterocycles. The Balaban J connectivity index is 2.35. The zero-order chi connectivity index (χ0) is 13.7. The Labute approximate surface area is 117 Å². The van der Waals surface area contributed by atoms with Crippen molar-refractivity contribution < 1.29 is 9.47 Å². The van der Waals surface area contributed by atoms with E-state index in [0.29, 0.717) is 0 Å². The molecule has 0 aliphatic carbocycles. The highest BCUT2D eigenvalue weighted by molar-refractivity contribution is 7.99. The van der Waals surface area contributed by atoms with Crippen molar-refractivity contribution >= 4 is 11.8 Å². The van der Waals surface area contributed by atoms with Gasteiger partial charge in [0.05, 0.1) is 19.9 Å². The fourth-order valence-electron chi connectivity index (χ4n) is 1.70. The van der Waals surface area contributed by atoms with Gasteiger partial charge in [0.25, 0.3) is 0 Å². The van der Waals surface area contributed by atoms with Gasteiger partial charge in [-0.15, -0.1) is 22.0 Å². The fraction of sp³-hybridized carbons (Fsp3) is 0.286. The topological polar surface area (TPSA) is 44.2 Å². The summed E-state index contributed by atoms with van der Waals surface area (Å²) in [5.74, 6) is 2.47. The molecule has 1 aromatic carbocycles. The molecule has 0 fully saturated rings. The van der Waals surface area contributed by atoms with Gasteiger partial charge in [-0.1, -0.05) is 6.92 Å². The molecule has 2 rings (SSSR count). The number of ether oxygens (including phenoxy) is 2. The number of benzene rings is 1. The third kappa shape index (κ3) is 3.17. The van der Waals surface area contributed by atoms with Crippen LogP contribution in [0.15, 0.2) is 35.4 Å². The zero-order valence-corrected chi connectivity index (χ0v) is 12.0. The number of hydrogen-bond donors (Lipinski definition) is 0. The summed E-state index contributed by atoms with van der Waals surface area (Å²) in [4.78, 5) is 0. The molecule has 0 radical (unpaired) electrons. The number of methoxy groups -OCH3 is 2. The van der Waals surface area contributed by atoms with Crippen LogP contribution >= 0.6 is 11.8 Å². The molecule has 0 amide bonds. The zero-order valence-electron chi connectivity index (χ0n) is 11.2. The Morgan fingerprint density at radius 3 is 2.47 bits per heavy atom. The third-order valence-electron chi connectivity index (χ3n) is 2.62. The molecule has 1 aromatic heterocycles. The smallest absolute Gasteiger partial charge is 0.132 e. The summed E-state index contributed by atoms with van der Waals surface area (Å²) in [6, 6.07) is 9.57. The number of nitrogens with zero attached hydrogens (tertiary/aromatic N) is 2. The first kappa shape index (κ1) is 13.7. The molecule has 19 heavy (non-hydrogen) atoms. The minimum Gasteiger partial charge on any atom is -0.497 e. The first-order valence-electron chi connectivity index (χ1n) is 5.97. The van der Waals surface area contributed by atoms with Gasteiger partial charge in [-0.3, -0.25) is 0 Å². The van der Waals surface area contributed by atoms with E-state index in [1.54, 1.807) is 26.0 Å². The average molecular weight is 276 g/mol. The van der Waals surface area contributed by atoms with Gasteiger partial charge in [0, 0.05) is 11.6 Å². The van der Waals surface area contributed by atoms with Crippen molar-refractivity contribution in [2.45, 2.75) is 11.9 Å². The van der Waals surface area contributed by atoms with E-state index in [0.717, 1.165) is 33.5 Å². The van der Waals surface area contributed by atoms with Crippen LogP contribution in [0.25, 0.3) is 11.3 Å². The molecular weight excluding hydrogens is 260 g/mol. The summed E-state index contributed by atoms with van der Waals surface area (Å²) in [5, 5.41) is 9.36. The number of hydrogen-bond acceptors (Lipinski definition) is 5. The van der Waals surface area contributed by atoms with Crippen molar-refractivity contribution in [1.29, 1.82) is 0 Å². The van der Waals surface area contributed by atoms with Gasteiger partial charge in [0.15, 0.2) is 0 Å². The molecule has 0 bridgehead atoms. The predicted octanol–water partition coefficient (Wildman–Crippen LogP) is 3.27. The van der Waals surface area contributed by atoms with Crippen molar-refractivity contribution in [2.24, 2.45) is 0 Å². The van der Waals surface area contributed by atoms with Crippen LogP contribution in [0, 0.1) is 0 Å². The Morgan fingerprint density at radius 1 is 1.05 bits per heavy atom. The molecule has 2 aromatic rings. The Bertz CT molecular complexity index is 544. The van der Waals surface area contributed by atoms with Crippen molar-refractivity contribution in [3.63, 3.8) is 0 Å². The van der Waals surface area contributed by atoms with Crippen LogP contribution in [0.2, 0.25) is 0 Å². The summed E-state index contributed by atoms with van der Waals surface area (Å²) in [6.45, 7) is 2.09. The van der Waals surface area contributed by atoms with Crippen molar-refractivity contribution in [3.05, 3.63) is 30.3 Å². The monoisotopic (exact) mass is 276 g/mol. The van der Waals surface area contributed by atoms with E-state index in [1.807, 2.05) is 30.3 Å². The molecule has 0 aliphatic rings. The van der Waals surface area contributed by atoms with Gasteiger partial charge in [-0.05, 0) is 30.0 Å². The lowest BCUT2D eigenvalue weighted by molar-refractivity contribution is 0.395. The van der Waals surface area contributed by atoms with E-state index in [-0.39, 0.29) is 0 Å². The van der Waals surface area contributed by atoms with Crippen LogP contribution in [-0.4, -0.2) is 30.2 Å². The lowest BCUT2D eigenvalue weighted by Gasteiger charge is -2.09. The second kappa shape index (κ2) is 6.43. The number of rotatable bonds is 5. The van der Waals surface area contributed by atoms with E-state index in [1.165, 1.54) is 0 Å². The van der Waals surface area contributed by atoms with Crippen LogP contribution in [0.3, 0.4) is 0 Å². The molecule has 0 saturated carbocycles. The van der Waals surface area contributed by atoms with E-state index < -0.39 is 0 Å². The minimum absolute atomic E-state index is 0.726. The molecule has 0 saturated heterocycles. The van der Waals surface area contributed by atoms with Crippen molar-refractivity contribution in [2.75, 3.05) is 20.0 Å². The molecule has 1 heterocycles. The van der Waals surface area contributed by atoms with E-state index in [2.05, 4.69) is 17.1 Å². The third-order valence-corrected chi connectivity index (χ3v) is 3.42. The quantitative estimate of drug-likeness (QED) is 0.784. The van der Waals surface area contributed by atoms with Crippen molar-refractivity contribution in [1.82, 2.24) is 10.2 Å². The van der Waals surface area contributed by atoms with Gasteiger partial charge in [0.1, 0.15) is 16.5 Å². The van der Waals surface area contributed by atoms with Gasteiger partial charge in [-0.25, -0.2) is 0 Å². The standard InChI is InChI=1S/C14H16N2O2S/c1-4-19-14-8-7-12(15-16-14)11-6-5-10(17-2)9-13(11)18-3/h5-9H,4H2,1-3H3. The SMILES string of the molecule is CCSc1ccc(-c2ccc(OC)cc2OC)nn1.